The van der Waals surface area contributed by atoms with Crippen molar-refractivity contribution in [1.82, 2.24) is 5.32 Å². The van der Waals surface area contributed by atoms with Gasteiger partial charge in [-0.25, -0.2) is 13.6 Å². The Bertz CT molecular complexity index is 493. The summed E-state index contributed by atoms with van der Waals surface area (Å²) < 4.78 is 30.2. The van der Waals surface area contributed by atoms with Gasteiger partial charge in [-0.1, -0.05) is 11.6 Å². The van der Waals surface area contributed by atoms with Gasteiger partial charge < -0.3 is 10.1 Å². The molecule has 1 atom stereocenters. The summed E-state index contributed by atoms with van der Waals surface area (Å²) in [6.07, 6.45) is 0. The summed E-state index contributed by atoms with van der Waals surface area (Å²) in [6, 6.07) is 0.428. The molecule has 0 aliphatic carbocycles. The second-order valence-corrected chi connectivity index (χ2v) is 3.87. The maximum Gasteiger partial charge on any atom is 0.328 e. The molecule has 1 N–H and O–H groups in total. The molecule has 1 rings (SSSR count). The standard InChI is InChI=1S/C11H10ClF2NO3/c1-5(11(17)18-2)15-10(16)6-3-8(13)9(14)4-7(6)12/h3-5H,1-2H3,(H,15,16)/t5-/m0/s1. The van der Waals surface area contributed by atoms with E-state index >= 15 is 0 Å². The number of nitrogens with one attached hydrogen (secondary N) is 1. The molecule has 0 aromatic heterocycles. The molecule has 0 unspecified atom stereocenters. The fourth-order valence-corrected chi connectivity index (χ4v) is 1.44. The van der Waals surface area contributed by atoms with Crippen LogP contribution in [0.15, 0.2) is 12.1 Å². The van der Waals surface area contributed by atoms with E-state index in [1.807, 2.05) is 0 Å². The van der Waals surface area contributed by atoms with E-state index in [1.165, 1.54) is 6.92 Å². The predicted octanol–water partition coefficient (Wildman–Crippen LogP) is 1.91. The quantitative estimate of drug-likeness (QED) is 0.678. The molecule has 0 bridgehead atoms. The molecule has 4 nitrogen and oxygen atoms in total. The monoisotopic (exact) mass is 277 g/mol. The highest BCUT2D eigenvalue weighted by molar-refractivity contribution is 6.33. The van der Waals surface area contributed by atoms with Gasteiger partial charge in [-0.3, -0.25) is 4.79 Å². The Hall–Kier alpha value is -1.69. The summed E-state index contributed by atoms with van der Waals surface area (Å²) in [5.41, 5.74) is -0.258. The fourth-order valence-electron chi connectivity index (χ4n) is 1.21. The van der Waals surface area contributed by atoms with E-state index < -0.39 is 29.6 Å². The Balaban J connectivity index is 2.91. The molecular weight excluding hydrogens is 268 g/mol. The summed E-state index contributed by atoms with van der Waals surface area (Å²) in [4.78, 5) is 22.7. The smallest absolute Gasteiger partial charge is 0.328 e. The number of amides is 1. The van der Waals surface area contributed by atoms with Crippen LogP contribution in [0.25, 0.3) is 0 Å². The van der Waals surface area contributed by atoms with Crippen molar-refractivity contribution in [3.63, 3.8) is 0 Å². The molecule has 1 aromatic carbocycles. The first-order chi connectivity index (χ1) is 8.36. The molecule has 0 radical (unpaired) electrons. The van der Waals surface area contributed by atoms with Crippen LogP contribution in [0, 0.1) is 11.6 Å². The van der Waals surface area contributed by atoms with Gasteiger partial charge in [0.25, 0.3) is 5.91 Å². The van der Waals surface area contributed by atoms with Crippen LogP contribution < -0.4 is 5.32 Å². The number of carbonyl (C=O) groups is 2. The third kappa shape index (κ3) is 3.16. The van der Waals surface area contributed by atoms with E-state index in [0.717, 1.165) is 7.11 Å². The van der Waals surface area contributed by atoms with Crippen LogP contribution in [-0.4, -0.2) is 25.0 Å². The van der Waals surface area contributed by atoms with Crippen molar-refractivity contribution in [3.8, 4) is 0 Å². The molecule has 18 heavy (non-hydrogen) atoms. The Morgan fingerprint density at radius 1 is 1.33 bits per heavy atom. The van der Waals surface area contributed by atoms with Crippen molar-refractivity contribution in [1.29, 1.82) is 0 Å². The van der Waals surface area contributed by atoms with Gasteiger partial charge in [-0.15, -0.1) is 0 Å². The Labute approximate surface area is 107 Å². The van der Waals surface area contributed by atoms with Crippen molar-refractivity contribution in [3.05, 3.63) is 34.4 Å². The third-order valence-electron chi connectivity index (χ3n) is 2.16. The zero-order chi connectivity index (χ0) is 13.9. The van der Waals surface area contributed by atoms with Crippen LogP contribution in [-0.2, 0) is 9.53 Å². The van der Waals surface area contributed by atoms with Gasteiger partial charge in [0.05, 0.1) is 17.7 Å². The molecule has 0 saturated heterocycles. The van der Waals surface area contributed by atoms with Gasteiger partial charge in [0.2, 0.25) is 0 Å². The molecule has 0 fully saturated rings. The topological polar surface area (TPSA) is 55.4 Å². The average Bonchev–Trinajstić information content (AvgIpc) is 2.32. The van der Waals surface area contributed by atoms with Crippen LogP contribution in [0.3, 0.4) is 0 Å². The summed E-state index contributed by atoms with van der Waals surface area (Å²) in [5, 5.41) is 2.00. The van der Waals surface area contributed by atoms with Crippen molar-refractivity contribution < 1.29 is 23.1 Å². The zero-order valence-electron chi connectivity index (χ0n) is 9.59. The number of hydrogen-bond donors (Lipinski definition) is 1. The van der Waals surface area contributed by atoms with Crippen LogP contribution in [0.2, 0.25) is 5.02 Å². The summed E-state index contributed by atoms with van der Waals surface area (Å²) in [7, 11) is 1.16. The molecule has 0 aliphatic rings. The largest absolute Gasteiger partial charge is 0.467 e. The maximum atomic E-state index is 13.0. The number of benzene rings is 1. The highest BCUT2D eigenvalue weighted by Gasteiger charge is 2.20. The van der Waals surface area contributed by atoms with Gasteiger partial charge in [0.15, 0.2) is 11.6 Å². The molecule has 0 heterocycles. The number of carbonyl (C=O) groups excluding carboxylic acids is 2. The third-order valence-corrected chi connectivity index (χ3v) is 2.47. The SMILES string of the molecule is COC(=O)[C@H](C)NC(=O)c1cc(F)c(F)cc1Cl. The zero-order valence-corrected chi connectivity index (χ0v) is 10.3. The molecule has 1 amide bonds. The first-order valence-corrected chi connectivity index (χ1v) is 5.27. The molecular formula is C11H10ClF2NO3. The summed E-state index contributed by atoms with van der Waals surface area (Å²) in [5.74, 6) is -3.81. The maximum absolute atomic E-state index is 13.0. The lowest BCUT2D eigenvalue weighted by molar-refractivity contribution is -0.142. The van der Waals surface area contributed by atoms with Gasteiger partial charge in [-0.2, -0.15) is 0 Å². The molecule has 0 spiro atoms. The second kappa shape index (κ2) is 5.77. The van der Waals surface area contributed by atoms with Crippen molar-refractivity contribution in [2.75, 3.05) is 7.11 Å². The minimum Gasteiger partial charge on any atom is -0.467 e. The number of esters is 1. The number of rotatable bonds is 3. The number of methoxy groups -OCH3 is 1. The molecule has 7 heteroatoms. The van der Waals surface area contributed by atoms with E-state index in [1.54, 1.807) is 0 Å². The van der Waals surface area contributed by atoms with Crippen molar-refractivity contribution in [2.45, 2.75) is 13.0 Å². The van der Waals surface area contributed by atoms with E-state index in [9.17, 15) is 18.4 Å². The van der Waals surface area contributed by atoms with Crippen molar-refractivity contribution >= 4 is 23.5 Å². The van der Waals surface area contributed by atoms with Crippen LogP contribution in [0.1, 0.15) is 17.3 Å². The van der Waals surface area contributed by atoms with E-state index in [-0.39, 0.29) is 10.6 Å². The van der Waals surface area contributed by atoms with Gasteiger partial charge in [0, 0.05) is 0 Å². The minimum absolute atomic E-state index is 0.247. The van der Waals surface area contributed by atoms with Crippen molar-refractivity contribution in [2.24, 2.45) is 0 Å². The normalized spacial score (nSPS) is 11.8. The molecule has 0 saturated carbocycles. The molecule has 1 aromatic rings. The first-order valence-electron chi connectivity index (χ1n) is 4.90. The number of halogens is 3. The van der Waals surface area contributed by atoms with Crippen LogP contribution in [0.5, 0.6) is 0 Å². The Kier molecular flexibility index (Phi) is 4.61. The first kappa shape index (κ1) is 14.4. The van der Waals surface area contributed by atoms with E-state index in [2.05, 4.69) is 10.1 Å². The highest BCUT2D eigenvalue weighted by atomic mass is 35.5. The lowest BCUT2D eigenvalue weighted by Gasteiger charge is -2.12. The lowest BCUT2D eigenvalue weighted by atomic mass is 10.2. The second-order valence-electron chi connectivity index (χ2n) is 3.46. The van der Waals surface area contributed by atoms with Crippen LogP contribution >= 0.6 is 11.6 Å². The summed E-state index contributed by atoms with van der Waals surface area (Å²) in [6.45, 7) is 1.39. The Morgan fingerprint density at radius 3 is 2.44 bits per heavy atom. The summed E-state index contributed by atoms with van der Waals surface area (Å²) >= 11 is 5.61. The molecule has 0 aliphatic heterocycles. The van der Waals surface area contributed by atoms with E-state index in [4.69, 9.17) is 11.6 Å². The number of ether oxygens (including phenoxy) is 1. The number of hydrogen-bond acceptors (Lipinski definition) is 3. The Morgan fingerprint density at radius 2 is 1.89 bits per heavy atom. The highest BCUT2D eigenvalue weighted by Crippen LogP contribution is 2.20. The van der Waals surface area contributed by atoms with Crippen LogP contribution in [0.4, 0.5) is 8.78 Å². The lowest BCUT2D eigenvalue weighted by Crippen LogP contribution is -2.39. The van der Waals surface area contributed by atoms with E-state index in [0.29, 0.717) is 12.1 Å². The van der Waals surface area contributed by atoms with Gasteiger partial charge in [0.1, 0.15) is 6.04 Å². The minimum atomic E-state index is -1.20. The fraction of sp³-hybridized carbons (Fsp3) is 0.273. The van der Waals surface area contributed by atoms with Gasteiger partial charge >= 0.3 is 5.97 Å². The predicted molar refractivity (Wildman–Crippen MR) is 60.3 cm³/mol. The molecule has 98 valence electrons. The average molecular weight is 278 g/mol. The van der Waals surface area contributed by atoms with Gasteiger partial charge in [-0.05, 0) is 19.1 Å².